The molecule has 6 nitrogen and oxygen atoms in total. The van der Waals surface area contributed by atoms with Crippen molar-refractivity contribution in [3.63, 3.8) is 0 Å². The predicted octanol–water partition coefficient (Wildman–Crippen LogP) is 0.978. The highest BCUT2D eigenvalue weighted by Crippen LogP contribution is 2.18. The van der Waals surface area contributed by atoms with Crippen molar-refractivity contribution >= 4 is 16.8 Å². The number of fused-ring (bicyclic) bond motifs is 1. The molecule has 3 rings (SSSR count). The second-order valence-corrected chi connectivity index (χ2v) is 5.67. The van der Waals surface area contributed by atoms with E-state index in [1.165, 1.54) is 0 Å². The maximum Gasteiger partial charge on any atom is 0.274 e. The lowest BCUT2D eigenvalue weighted by Crippen LogP contribution is -2.42. The number of aryl methyl sites for hydroxylation is 1. The molecule has 118 valence electrons. The van der Waals surface area contributed by atoms with Crippen LogP contribution in [-0.4, -0.2) is 71.9 Å². The second kappa shape index (κ2) is 6.46. The smallest absolute Gasteiger partial charge is 0.274 e. The van der Waals surface area contributed by atoms with Crippen LogP contribution in [0.5, 0.6) is 0 Å². The summed E-state index contributed by atoms with van der Waals surface area (Å²) < 4.78 is 7.10. The van der Waals surface area contributed by atoms with Gasteiger partial charge >= 0.3 is 0 Å². The molecule has 1 aromatic carbocycles. The van der Waals surface area contributed by atoms with Crippen LogP contribution < -0.4 is 0 Å². The summed E-state index contributed by atoms with van der Waals surface area (Å²) in [5.74, 6) is -0.0231. The van der Waals surface area contributed by atoms with Gasteiger partial charge in [-0.3, -0.25) is 14.4 Å². The molecule has 22 heavy (non-hydrogen) atoms. The first kappa shape index (κ1) is 15.0. The minimum Gasteiger partial charge on any atom is -0.379 e. The molecule has 0 spiro atoms. The van der Waals surface area contributed by atoms with Crippen LogP contribution in [0.1, 0.15) is 10.5 Å². The molecular formula is C16H22N4O2. The topological polar surface area (TPSA) is 50.6 Å². The normalized spacial score (nSPS) is 16.1. The highest BCUT2D eigenvalue weighted by atomic mass is 16.5. The Bertz CT molecular complexity index is 661. The van der Waals surface area contributed by atoms with E-state index in [1.54, 1.807) is 9.58 Å². The predicted molar refractivity (Wildman–Crippen MR) is 84.9 cm³/mol. The van der Waals surface area contributed by atoms with Gasteiger partial charge in [-0.1, -0.05) is 18.2 Å². The zero-order chi connectivity index (χ0) is 15.5. The molecule has 1 aliphatic rings. The fourth-order valence-electron chi connectivity index (χ4n) is 2.77. The van der Waals surface area contributed by atoms with E-state index >= 15 is 0 Å². The quantitative estimate of drug-likeness (QED) is 0.845. The van der Waals surface area contributed by atoms with Crippen molar-refractivity contribution in [1.29, 1.82) is 0 Å². The number of morpholine rings is 1. The first-order valence-electron chi connectivity index (χ1n) is 7.64. The van der Waals surface area contributed by atoms with Crippen LogP contribution in [0.2, 0.25) is 0 Å². The average Bonchev–Trinajstić information content (AvgIpc) is 2.90. The highest BCUT2D eigenvalue weighted by Gasteiger charge is 2.20. The van der Waals surface area contributed by atoms with Gasteiger partial charge in [0.15, 0.2) is 5.69 Å². The van der Waals surface area contributed by atoms with Crippen molar-refractivity contribution < 1.29 is 9.53 Å². The summed E-state index contributed by atoms with van der Waals surface area (Å²) in [6.07, 6.45) is 0. The number of likely N-dealkylation sites (N-methyl/N-ethyl adjacent to an activating group) is 1. The molecule has 0 unspecified atom stereocenters. The van der Waals surface area contributed by atoms with Crippen LogP contribution in [-0.2, 0) is 11.8 Å². The molecule has 1 aliphatic heterocycles. The summed E-state index contributed by atoms with van der Waals surface area (Å²) in [6.45, 7) is 5.01. The molecule has 1 saturated heterocycles. The van der Waals surface area contributed by atoms with Crippen molar-refractivity contribution in [2.45, 2.75) is 0 Å². The molecule has 2 aromatic rings. The average molecular weight is 302 g/mol. The lowest BCUT2D eigenvalue weighted by Gasteiger charge is -2.28. The largest absolute Gasteiger partial charge is 0.379 e. The van der Waals surface area contributed by atoms with Gasteiger partial charge < -0.3 is 9.64 Å². The first-order chi connectivity index (χ1) is 10.7. The van der Waals surface area contributed by atoms with Crippen LogP contribution >= 0.6 is 0 Å². The Morgan fingerprint density at radius 1 is 1.32 bits per heavy atom. The van der Waals surface area contributed by atoms with Gasteiger partial charge in [0.2, 0.25) is 0 Å². The van der Waals surface area contributed by atoms with Crippen LogP contribution in [0.3, 0.4) is 0 Å². The molecular weight excluding hydrogens is 280 g/mol. The number of benzene rings is 1. The van der Waals surface area contributed by atoms with Crippen molar-refractivity contribution in [1.82, 2.24) is 19.6 Å². The number of hydrogen-bond donors (Lipinski definition) is 0. The molecule has 1 fully saturated rings. The van der Waals surface area contributed by atoms with Gasteiger partial charge in [-0.05, 0) is 6.07 Å². The fourth-order valence-corrected chi connectivity index (χ4v) is 2.77. The van der Waals surface area contributed by atoms with E-state index in [1.807, 2.05) is 38.4 Å². The molecule has 0 radical (unpaired) electrons. The van der Waals surface area contributed by atoms with E-state index in [0.29, 0.717) is 12.2 Å². The van der Waals surface area contributed by atoms with Gasteiger partial charge in [-0.2, -0.15) is 5.10 Å². The SMILES string of the molecule is CN(CCN1CCOCC1)C(=O)c1nn(C)c2ccccc12. The van der Waals surface area contributed by atoms with E-state index in [2.05, 4.69) is 10.00 Å². The molecule has 2 heterocycles. The number of rotatable bonds is 4. The Morgan fingerprint density at radius 2 is 2.05 bits per heavy atom. The van der Waals surface area contributed by atoms with Crippen LogP contribution in [0.25, 0.3) is 10.9 Å². The van der Waals surface area contributed by atoms with Crippen molar-refractivity contribution in [3.05, 3.63) is 30.0 Å². The summed E-state index contributed by atoms with van der Waals surface area (Å²) in [5.41, 5.74) is 1.51. The summed E-state index contributed by atoms with van der Waals surface area (Å²) in [5, 5.41) is 5.31. The third-order valence-corrected chi connectivity index (χ3v) is 4.16. The minimum absolute atomic E-state index is 0.0231. The Hall–Kier alpha value is -1.92. The number of para-hydroxylation sites is 1. The zero-order valence-electron chi connectivity index (χ0n) is 13.2. The standard InChI is InChI=1S/C16H22N4O2/c1-18(7-8-20-9-11-22-12-10-20)16(21)15-13-5-3-4-6-14(13)19(2)17-15/h3-6H,7-12H2,1-2H3. The number of ether oxygens (including phenoxy) is 1. The number of nitrogens with zero attached hydrogens (tertiary/aromatic N) is 4. The van der Waals surface area contributed by atoms with Crippen LogP contribution in [0.4, 0.5) is 0 Å². The van der Waals surface area contributed by atoms with Gasteiger partial charge in [0.1, 0.15) is 0 Å². The Morgan fingerprint density at radius 3 is 2.82 bits per heavy atom. The van der Waals surface area contributed by atoms with E-state index in [4.69, 9.17) is 4.74 Å². The number of carbonyl (C=O) groups excluding carboxylic acids is 1. The molecule has 0 aliphatic carbocycles. The first-order valence-corrected chi connectivity index (χ1v) is 7.64. The third kappa shape index (κ3) is 2.98. The third-order valence-electron chi connectivity index (χ3n) is 4.16. The maximum atomic E-state index is 12.7. The monoisotopic (exact) mass is 302 g/mol. The lowest BCUT2D eigenvalue weighted by molar-refractivity contribution is 0.0338. The minimum atomic E-state index is -0.0231. The number of carbonyl (C=O) groups is 1. The molecule has 1 aromatic heterocycles. The maximum absolute atomic E-state index is 12.7. The van der Waals surface area contributed by atoms with E-state index in [9.17, 15) is 4.79 Å². The summed E-state index contributed by atoms with van der Waals surface area (Å²) in [6, 6.07) is 7.83. The van der Waals surface area contributed by atoms with E-state index in [0.717, 1.165) is 43.8 Å². The molecule has 0 N–H and O–H groups in total. The Labute approximate surface area is 130 Å². The summed E-state index contributed by atoms with van der Waals surface area (Å²) >= 11 is 0. The van der Waals surface area contributed by atoms with Gasteiger partial charge in [-0.15, -0.1) is 0 Å². The molecule has 0 atom stereocenters. The number of amides is 1. The molecule has 0 saturated carbocycles. The Balaban J connectivity index is 1.69. The van der Waals surface area contributed by atoms with E-state index < -0.39 is 0 Å². The second-order valence-electron chi connectivity index (χ2n) is 5.67. The van der Waals surface area contributed by atoms with Crippen molar-refractivity contribution in [2.24, 2.45) is 7.05 Å². The number of hydrogen-bond acceptors (Lipinski definition) is 4. The lowest BCUT2D eigenvalue weighted by atomic mass is 10.2. The molecule has 1 amide bonds. The number of aromatic nitrogens is 2. The van der Waals surface area contributed by atoms with Crippen LogP contribution in [0, 0.1) is 0 Å². The van der Waals surface area contributed by atoms with Gasteiger partial charge in [0, 0.05) is 45.7 Å². The van der Waals surface area contributed by atoms with Gasteiger partial charge in [-0.25, -0.2) is 0 Å². The summed E-state index contributed by atoms with van der Waals surface area (Å²) in [4.78, 5) is 16.7. The van der Waals surface area contributed by atoms with E-state index in [-0.39, 0.29) is 5.91 Å². The molecule has 6 heteroatoms. The Kier molecular flexibility index (Phi) is 4.40. The molecule has 0 bridgehead atoms. The van der Waals surface area contributed by atoms with Gasteiger partial charge in [0.05, 0.1) is 18.7 Å². The van der Waals surface area contributed by atoms with Crippen molar-refractivity contribution in [2.75, 3.05) is 46.4 Å². The van der Waals surface area contributed by atoms with Gasteiger partial charge in [0.25, 0.3) is 5.91 Å². The zero-order valence-corrected chi connectivity index (χ0v) is 13.2. The van der Waals surface area contributed by atoms with Crippen LogP contribution in [0.15, 0.2) is 24.3 Å². The summed E-state index contributed by atoms with van der Waals surface area (Å²) in [7, 11) is 3.71. The highest BCUT2D eigenvalue weighted by molar-refractivity contribution is 6.04. The van der Waals surface area contributed by atoms with Crippen molar-refractivity contribution in [3.8, 4) is 0 Å². The fraction of sp³-hybridized carbons (Fsp3) is 0.500.